The molecule has 0 aromatic heterocycles. The second-order valence-corrected chi connectivity index (χ2v) is 13.8. The molecule has 5 rings (SSSR count). The summed E-state index contributed by atoms with van der Waals surface area (Å²) in [6.45, 7) is 17.3. The molecule has 0 spiro atoms. The molecule has 5 aliphatic rings. The molecular formula is C29H48O2. The molecule has 2 nitrogen and oxygen atoms in total. The van der Waals surface area contributed by atoms with Crippen molar-refractivity contribution in [2.45, 2.75) is 130 Å². The van der Waals surface area contributed by atoms with Crippen LogP contribution in [-0.2, 0) is 9.53 Å². The lowest BCUT2D eigenvalue weighted by molar-refractivity contribution is -0.141. The van der Waals surface area contributed by atoms with Crippen LogP contribution in [0.1, 0.15) is 119 Å². The summed E-state index contributed by atoms with van der Waals surface area (Å²) in [4.78, 5) is 12.6. The monoisotopic (exact) mass is 428 g/mol. The molecule has 4 aliphatic carbocycles. The van der Waals surface area contributed by atoms with E-state index in [9.17, 15) is 4.79 Å². The third kappa shape index (κ3) is 2.53. The maximum atomic E-state index is 12.6. The van der Waals surface area contributed by atoms with Crippen LogP contribution in [0.25, 0.3) is 0 Å². The molecule has 31 heavy (non-hydrogen) atoms. The van der Waals surface area contributed by atoms with Crippen LogP contribution in [0.4, 0.5) is 0 Å². The quantitative estimate of drug-likeness (QED) is 0.422. The molecule has 2 heteroatoms. The van der Waals surface area contributed by atoms with E-state index in [4.69, 9.17) is 4.74 Å². The lowest BCUT2D eigenvalue weighted by atomic mass is 9.39. The minimum Gasteiger partial charge on any atom is -0.361 e. The molecule has 0 aromatic carbocycles. The summed E-state index contributed by atoms with van der Waals surface area (Å²) in [6.07, 6.45) is 13.7. The highest BCUT2D eigenvalue weighted by atomic mass is 16.6. The second kappa shape index (κ2) is 6.83. The summed E-state index contributed by atoms with van der Waals surface area (Å²) >= 11 is 0. The number of hydrogen-bond acceptors (Lipinski definition) is 2. The lowest BCUT2D eigenvalue weighted by Crippen LogP contribution is -2.64. The first-order valence-corrected chi connectivity index (χ1v) is 13.7. The number of ether oxygens (including phenoxy) is 1. The first kappa shape index (κ1) is 22.4. The first-order valence-electron chi connectivity index (χ1n) is 13.7. The molecule has 5 fully saturated rings. The van der Waals surface area contributed by atoms with Crippen LogP contribution in [-0.4, -0.2) is 17.0 Å². The van der Waals surface area contributed by atoms with Gasteiger partial charge in [-0.2, -0.15) is 0 Å². The smallest absolute Gasteiger partial charge is 0.136 e. The van der Waals surface area contributed by atoms with Crippen molar-refractivity contribution in [2.75, 3.05) is 0 Å². The van der Waals surface area contributed by atoms with Gasteiger partial charge in [-0.25, -0.2) is 0 Å². The fraction of sp³-hybridized carbons (Fsp3) is 0.966. The van der Waals surface area contributed by atoms with E-state index >= 15 is 0 Å². The minimum atomic E-state index is 0.0574. The number of fused-ring (bicyclic) bond motifs is 2. The minimum absolute atomic E-state index is 0.0574. The Bertz CT molecular complexity index is 758. The van der Waals surface area contributed by atoms with Crippen LogP contribution < -0.4 is 0 Å². The van der Waals surface area contributed by atoms with Gasteiger partial charge < -0.3 is 4.74 Å². The molecule has 9 atom stereocenters. The third-order valence-electron chi connectivity index (χ3n) is 12.6. The Labute approximate surface area is 191 Å². The lowest BCUT2D eigenvalue weighted by Gasteiger charge is -2.61. The summed E-state index contributed by atoms with van der Waals surface area (Å²) < 4.78 is 7.18. The van der Waals surface area contributed by atoms with Crippen molar-refractivity contribution in [1.82, 2.24) is 0 Å². The van der Waals surface area contributed by atoms with Crippen molar-refractivity contribution in [3.05, 3.63) is 0 Å². The van der Waals surface area contributed by atoms with E-state index in [-0.39, 0.29) is 22.5 Å². The van der Waals surface area contributed by atoms with E-state index in [1.54, 1.807) is 0 Å². The normalized spacial score (nSPS) is 54.1. The van der Waals surface area contributed by atoms with Crippen molar-refractivity contribution >= 4 is 5.78 Å². The highest BCUT2D eigenvalue weighted by molar-refractivity contribution is 5.82. The highest BCUT2D eigenvalue weighted by Crippen LogP contribution is 2.85. The zero-order valence-electron chi connectivity index (χ0n) is 21.5. The number of Topliss-reactive ketones (excluding diaryl/α,β-unsaturated/α-hetero) is 1. The van der Waals surface area contributed by atoms with Crippen molar-refractivity contribution in [2.24, 2.45) is 45.8 Å². The van der Waals surface area contributed by atoms with E-state index in [0.29, 0.717) is 22.5 Å². The van der Waals surface area contributed by atoms with Gasteiger partial charge in [-0.15, -0.1) is 0 Å². The van der Waals surface area contributed by atoms with Crippen LogP contribution in [0.2, 0.25) is 0 Å². The summed E-state index contributed by atoms with van der Waals surface area (Å²) in [5.41, 5.74) is 1.05. The number of rotatable bonds is 5. The van der Waals surface area contributed by atoms with Crippen LogP contribution in [0.3, 0.4) is 0 Å². The molecule has 4 saturated carbocycles. The Balaban J connectivity index is 1.43. The molecule has 0 aromatic rings. The third-order valence-corrected chi connectivity index (χ3v) is 12.6. The van der Waals surface area contributed by atoms with E-state index < -0.39 is 0 Å². The Morgan fingerprint density at radius 1 is 0.903 bits per heavy atom. The summed E-state index contributed by atoms with van der Waals surface area (Å²) in [5.74, 6) is 3.77. The van der Waals surface area contributed by atoms with Gasteiger partial charge in [-0.05, 0) is 74.0 Å². The van der Waals surface area contributed by atoms with Gasteiger partial charge in [0.15, 0.2) is 0 Å². The summed E-state index contributed by atoms with van der Waals surface area (Å²) in [5, 5.41) is 0. The van der Waals surface area contributed by atoms with Crippen molar-refractivity contribution in [3.8, 4) is 0 Å². The Kier molecular flexibility index (Phi) is 4.94. The molecule has 0 N–H and O–H groups in total. The summed E-state index contributed by atoms with van der Waals surface area (Å²) in [7, 11) is 0. The average Bonchev–Trinajstić information content (AvgIpc) is 3.34. The zero-order chi connectivity index (χ0) is 22.4. The average molecular weight is 429 g/mol. The fourth-order valence-electron chi connectivity index (χ4n) is 10.5. The predicted octanol–water partition coefficient (Wildman–Crippen LogP) is 7.59. The Hall–Kier alpha value is -0.370. The first-order chi connectivity index (χ1) is 14.5. The summed E-state index contributed by atoms with van der Waals surface area (Å²) in [6, 6.07) is 0. The van der Waals surface area contributed by atoms with Gasteiger partial charge in [-0.3, -0.25) is 4.79 Å². The number of hydrogen-bond donors (Lipinski definition) is 0. The van der Waals surface area contributed by atoms with Gasteiger partial charge in [0, 0.05) is 23.2 Å². The van der Waals surface area contributed by atoms with Gasteiger partial charge in [0.05, 0.1) is 0 Å². The topological polar surface area (TPSA) is 29.6 Å². The molecule has 1 saturated heterocycles. The molecule has 9 unspecified atom stereocenters. The van der Waals surface area contributed by atoms with Gasteiger partial charge in [0.1, 0.15) is 17.0 Å². The van der Waals surface area contributed by atoms with Crippen LogP contribution in [0.15, 0.2) is 0 Å². The highest BCUT2D eigenvalue weighted by Gasteiger charge is 2.89. The van der Waals surface area contributed by atoms with Gasteiger partial charge in [0.2, 0.25) is 0 Å². The van der Waals surface area contributed by atoms with Crippen molar-refractivity contribution in [1.29, 1.82) is 0 Å². The van der Waals surface area contributed by atoms with Crippen LogP contribution in [0, 0.1) is 45.8 Å². The zero-order valence-corrected chi connectivity index (χ0v) is 21.5. The van der Waals surface area contributed by atoms with Crippen LogP contribution in [0.5, 0.6) is 0 Å². The molecule has 176 valence electrons. The molecular weight excluding hydrogens is 380 g/mol. The van der Waals surface area contributed by atoms with Gasteiger partial charge in [0.25, 0.3) is 0 Å². The molecule has 0 radical (unpaired) electrons. The van der Waals surface area contributed by atoms with Crippen molar-refractivity contribution in [3.63, 3.8) is 0 Å². The number of ketones is 1. The number of epoxide rings is 1. The van der Waals surface area contributed by atoms with E-state index in [1.807, 2.05) is 0 Å². The van der Waals surface area contributed by atoms with E-state index in [0.717, 1.165) is 30.6 Å². The SMILES string of the molecule is CC(C)CCCC(C)C1CCC2(C)C1(C)CCC13OC21CCC1C(C)C(=O)CCC13C. The molecule has 0 bridgehead atoms. The Morgan fingerprint density at radius 3 is 2.35 bits per heavy atom. The van der Waals surface area contributed by atoms with Crippen molar-refractivity contribution < 1.29 is 9.53 Å². The molecule has 0 amide bonds. The van der Waals surface area contributed by atoms with Gasteiger partial charge in [-0.1, -0.05) is 67.7 Å². The molecule has 1 heterocycles. The van der Waals surface area contributed by atoms with E-state index in [1.165, 1.54) is 57.8 Å². The number of carbonyl (C=O) groups is 1. The Morgan fingerprint density at radius 2 is 1.65 bits per heavy atom. The number of carbonyl (C=O) groups excluding carboxylic acids is 1. The predicted molar refractivity (Wildman–Crippen MR) is 127 cm³/mol. The largest absolute Gasteiger partial charge is 0.361 e. The second-order valence-electron chi connectivity index (χ2n) is 13.8. The van der Waals surface area contributed by atoms with E-state index in [2.05, 4.69) is 48.5 Å². The fourth-order valence-corrected chi connectivity index (χ4v) is 10.5. The molecule has 1 aliphatic heterocycles. The standard InChI is InChI=1S/C29H48O2/c1-19(2)9-8-10-20(3)22-11-15-27(7)25(22,5)17-18-28-26(6)14-13-24(30)21(4)23(26)12-16-29(27,28)31-28/h19-23H,8-18H2,1-7H3. The maximum absolute atomic E-state index is 12.6. The van der Waals surface area contributed by atoms with Crippen LogP contribution >= 0.6 is 0 Å². The maximum Gasteiger partial charge on any atom is 0.136 e. The van der Waals surface area contributed by atoms with Gasteiger partial charge >= 0.3 is 0 Å².